The predicted molar refractivity (Wildman–Crippen MR) is 92.1 cm³/mol. The number of aromatic nitrogens is 2. The molecule has 1 N–H and O–H groups in total. The van der Waals surface area contributed by atoms with Gasteiger partial charge in [0.15, 0.2) is 0 Å². The Morgan fingerprint density at radius 2 is 1.72 bits per heavy atom. The molecule has 0 aliphatic rings. The minimum Gasteiger partial charge on any atom is -0.344 e. The number of rotatable bonds is 4. The quantitative estimate of drug-likeness (QED) is 0.796. The number of amides is 1. The molecule has 0 aliphatic carbocycles. The van der Waals surface area contributed by atoms with Crippen molar-refractivity contribution < 1.29 is 9.18 Å². The molecule has 25 heavy (non-hydrogen) atoms. The molecule has 0 saturated heterocycles. The first-order valence-electron chi connectivity index (χ1n) is 7.77. The molecule has 0 bridgehead atoms. The number of hydrogen-bond donors (Lipinski definition) is 1. The largest absolute Gasteiger partial charge is 0.344 e. The number of nitrogens with one attached hydrogen (secondary N) is 1. The molecule has 0 fully saturated rings. The molecular weight excluding hydrogens is 321 g/mol. The second kappa shape index (κ2) is 7.09. The Morgan fingerprint density at radius 3 is 2.40 bits per heavy atom. The summed E-state index contributed by atoms with van der Waals surface area (Å²) in [6, 6.07) is 17.3. The van der Waals surface area contributed by atoms with Gasteiger partial charge in [0.25, 0.3) is 11.5 Å². The summed E-state index contributed by atoms with van der Waals surface area (Å²) in [6.07, 6.45) is 0. The topological polar surface area (TPSA) is 64.0 Å². The Bertz CT molecular complexity index is 937. The molecule has 5 nitrogen and oxygen atoms in total. The van der Waals surface area contributed by atoms with E-state index in [4.69, 9.17) is 0 Å². The molecular formula is C19H16FN3O2. The van der Waals surface area contributed by atoms with Crippen LogP contribution in [0.15, 0.2) is 71.5 Å². The lowest BCUT2D eigenvalue weighted by Gasteiger charge is -2.14. The van der Waals surface area contributed by atoms with Crippen molar-refractivity contribution in [1.82, 2.24) is 15.1 Å². The molecule has 0 saturated carbocycles. The Kier molecular flexibility index (Phi) is 4.70. The van der Waals surface area contributed by atoms with Crippen LogP contribution in [0.1, 0.15) is 29.0 Å². The average Bonchev–Trinajstić information content (AvgIpc) is 2.63. The summed E-state index contributed by atoms with van der Waals surface area (Å²) in [6.45, 7) is 1.86. The summed E-state index contributed by atoms with van der Waals surface area (Å²) in [7, 11) is 0. The van der Waals surface area contributed by atoms with Gasteiger partial charge in [0, 0.05) is 6.07 Å². The fourth-order valence-electron chi connectivity index (χ4n) is 2.40. The van der Waals surface area contributed by atoms with E-state index in [2.05, 4.69) is 10.4 Å². The van der Waals surface area contributed by atoms with Crippen LogP contribution in [-0.2, 0) is 0 Å². The average molecular weight is 337 g/mol. The monoisotopic (exact) mass is 337 g/mol. The maximum Gasteiger partial charge on any atom is 0.272 e. The van der Waals surface area contributed by atoms with Gasteiger partial charge >= 0.3 is 0 Å². The van der Waals surface area contributed by atoms with Gasteiger partial charge in [0.05, 0.1) is 11.7 Å². The number of halogens is 1. The smallest absolute Gasteiger partial charge is 0.272 e. The van der Waals surface area contributed by atoms with E-state index < -0.39 is 17.3 Å². The summed E-state index contributed by atoms with van der Waals surface area (Å²) in [4.78, 5) is 24.4. The first-order chi connectivity index (χ1) is 12.0. The zero-order chi connectivity index (χ0) is 17.8. The maximum atomic E-state index is 13.0. The van der Waals surface area contributed by atoms with E-state index in [1.54, 1.807) is 0 Å². The van der Waals surface area contributed by atoms with Crippen LogP contribution in [-0.4, -0.2) is 15.7 Å². The maximum absolute atomic E-state index is 13.0. The predicted octanol–water partition coefficient (Wildman–Crippen LogP) is 2.86. The van der Waals surface area contributed by atoms with Crippen LogP contribution in [0.3, 0.4) is 0 Å². The van der Waals surface area contributed by atoms with E-state index in [1.807, 2.05) is 37.3 Å². The summed E-state index contributed by atoms with van der Waals surface area (Å²) < 4.78 is 14.1. The number of hydrogen-bond acceptors (Lipinski definition) is 3. The highest BCUT2D eigenvalue weighted by Gasteiger charge is 2.14. The first-order valence-corrected chi connectivity index (χ1v) is 7.77. The van der Waals surface area contributed by atoms with Crippen LogP contribution in [0.2, 0.25) is 0 Å². The molecule has 0 aliphatic heterocycles. The van der Waals surface area contributed by atoms with Crippen LogP contribution in [0, 0.1) is 5.82 Å². The molecule has 0 spiro atoms. The van der Waals surface area contributed by atoms with Gasteiger partial charge in [0.1, 0.15) is 11.5 Å². The van der Waals surface area contributed by atoms with Gasteiger partial charge < -0.3 is 5.32 Å². The molecule has 1 aromatic heterocycles. The normalized spacial score (nSPS) is 11.8. The summed E-state index contributed by atoms with van der Waals surface area (Å²) in [5, 5.41) is 6.93. The molecule has 0 unspecified atom stereocenters. The fraction of sp³-hybridized carbons (Fsp3) is 0.105. The van der Waals surface area contributed by atoms with Gasteiger partial charge in [-0.2, -0.15) is 9.78 Å². The van der Waals surface area contributed by atoms with Gasteiger partial charge in [-0.15, -0.1) is 0 Å². The Hall–Kier alpha value is -3.28. The lowest BCUT2D eigenvalue weighted by Crippen LogP contribution is -2.30. The van der Waals surface area contributed by atoms with Crippen molar-refractivity contribution in [3.8, 4) is 5.69 Å². The van der Waals surface area contributed by atoms with E-state index >= 15 is 0 Å². The number of carbonyl (C=O) groups is 1. The van der Waals surface area contributed by atoms with E-state index in [0.29, 0.717) is 5.69 Å². The molecule has 1 amide bonds. The number of nitrogens with zero attached hydrogens (tertiary/aromatic N) is 2. The van der Waals surface area contributed by atoms with Crippen LogP contribution in [0.5, 0.6) is 0 Å². The van der Waals surface area contributed by atoms with Crippen LogP contribution >= 0.6 is 0 Å². The molecule has 2 aromatic carbocycles. The molecule has 0 radical (unpaired) electrons. The van der Waals surface area contributed by atoms with Crippen molar-refractivity contribution in [1.29, 1.82) is 0 Å². The van der Waals surface area contributed by atoms with Gasteiger partial charge in [0.2, 0.25) is 0 Å². The van der Waals surface area contributed by atoms with Gasteiger partial charge in [-0.1, -0.05) is 30.3 Å². The van der Waals surface area contributed by atoms with Crippen molar-refractivity contribution in [2.24, 2.45) is 0 Å². The summed E-state index contributed by atoms with van der Waals surface area (Å²) >= 11 is 0. The van der Waals surface area contributed by atoms with E-state index in [-0.39, 0.29) is 11.7 Å². The minimum atomic E-state index is -0.414. The third-order valence-electron chi connectivity index (χ3n) is 3.75. The Balaban J connectivity index is 1.85. The molecule has 3 rings (SSSR count). The van der Waals surface area contributed by atoms with Gasteiger partial charge in [-0.3, -0.25) is 9.59 Å². The van der Waals surface area contributed by atoms with Crippen molar-refractivity contribution in [2.75, 3.05) is 0 Å². The Labute approximate surface area is 143 Å². The molecule has 6 heteroatoms. The van der Waals surface area contributed by atoms with E-state index in [0.717, 1.165) is 10.2 Å². The summed E-state index contributed by atoms with van der Waals surface area (Å²) in [5.74, 6) is -0.811. The molecule has 3 aromatic rings. The molecule has 1 atom stereocenters. The second-order valence-corrected chi connectivity index (χ2v) is 5.55. The fourth-order valence-corrected chi connectivity index (χ4v) is 2.40. The number of carbonyl (C=O) groups excluding carboxylic acids is 1. The Morgan fingerprint density at radius 1 is 1.04 bits per heavy atom. The standard InChI is InChI=1S/C19H16FN3O2/c1-13(14-5-3-2-4-6-14)21-19(25)17-11-12-18(24)23(22-17)16-9-7-15(20)8-10-16/h2-13H,1H3,(H,21,25)/t13-/m0/s1. The molecule has 1 heterocycles. The summed E-state index contributed by atoms with van der Waals surface area (Å²) in [5.41, 5.74) is 1.05. The van der Waals surface area contributed by atoms with Crippen LogP contribution in [0.4, 0.5) is 4.39 Å². The van der Waals surface area contributed by atoms with Crippen LogP contribution < -0.4 is 10.9 Å². The zero-order valence-corrected chi connectivity index (χ0v) is 13.5. The van der Waals surface area contributed by atoms with Crippen molar-refractivity contribution in [2.45, 2.75) is 13.0 Å². The lowest BCUT2D eigenvalue weighted by atomic mass is 10.1. The number of benzene rings is 2. The highest BCUT2D eigenvalue weighted by molar-refractivity contribution is 5.92. The van der Waals surface area contributed by atoms with Gasteiger partial charge in [-0.25, -0.2) is 4.39 Å². The van der Waals surface area contributed by atoms with Crippen molar-refractivity contribution in [3.05, 3.63) is 94.2 Å². The van der Waals surface area contributed by atoms with E-state index in [1.165, 1.54) is 36.4 Å². The first kappa shape index (κ1) is 16.6. The SMILES string of the molecule is C[C@H](NC(=O)c1ccc(=O)n(-c2ccc(F)cc2)n1)c1ccccc1. The van der Waals surface area contributed by atoms with Gasteiger partial charge in [-0.05, 0) is 42.8 Å². The highest BCUT2D eigenvalue weighted by Crippen LogP contribution is 2.12. The van der Waals surface area contributed by atoms with Crippen molar-refractivity contribution in [3.63, 3.8) is 0 Å². The van der Waals surface area contributed by atoms with Crippen molar-refractivity contribution >= 4 is 5.91 Å². The lowest BCUT2D eigenvalue weighted by molar-refractivity contribution is 0.0933. The van der Waals surface area contributed by atoms with Crippen LogP contribution in [0.25, 0.3) is 5.69 Å². The minimum absolute atomic E-state index is 0.103. The third kappa shape index (κ3) is 3.80. The third-order valence-corrected chi connectivity index (χ3v) is 3.75. The molecule has 126 valence electrons. The van der Waals surface area contributed by atoms with E-state index in [9.17, 15) is 14.0 Å². The second-order valence-electron chi connectivity index (χ2n) is 5.55. The highest BCUT2D eigenvalue weighted by atomic mass is 19.1. The zero-order valence-electron chi connectivity index (χ0n) is 13.5.